The first-order chi connectivity index (χ1) is 8.75. The second-order valence-electron chi connectivity index (χ2n) is 6.06. The van der Waals surface area contributed by atoms with Crippen LogP contribution in [0.5, 0.6) is 0 Å². The van der Waals surface area contributed by atoms with Crippen LogP contribution in [-0.4, -0.2) is 35.1 Å². The van der Waals surface area contributed by atoms with Gasteiger partial charge in [0.1, 0.15) is 0 Å². The first-order valence-electron chi connectivity index (χ1n) is 7.71. The summed E-state index contributed by atoms with van der Waals surface area (Å²) in [6.45, 7) is 1.87. The summed E-state index contributed by atoms with van der Waals surface area (Å²) < 4.78 is 0. The van der Waals surface area contributed by atoms with E-state index in [9.17, 15) is 4.79 Å². The molecule has 0 spiro atoms. The third kappa shape index (κ3) is 4.27. The van der Waals surface area contributed by atoms with E-state index in [0.717, 1.165) is 19.0 Å². The molecule has 0 aromatic carbocycles. The van der Waals surface area contributed by atoms with Crippen molar-refractivity contribution in [3.8, 4) is 0 Å². The number of hydrogen-bond donors (Lipinski definition) is 1. The topological polar surface area (TPSA) is 40.5 Å². The third-order valence-corrected chi connectivity index (χ3v) is 4.74. The van der Waals surface area contributed by atoms with Gasteiger partial charge in [-0.1, -0.05) is 32.1 Å². The van der Waals surface area contributed by atoms with Gasteiger partial charge in [-0.05, 0) is 38.1 Å². The molecule has 1 atom stereocenters. The van der Waals surface area contributed by atoms with Gasteiger partial charge in [0.25, 0.3) is 0 Å². The molecule has 2 aliphatic rings. The Bertz CT molecular complexity index is 261. The summed E-state index contributed by atoms with van der Waals surface area (Å²) in [5, 5.41) is 8.77. The van der Waals surface area contributed by atoms with Gasteiger partial charge in [-0.3, -0.25) is 9.69 Å². The second-order valence-corrected chi connectivity index (χ2v) is 6.06. The Morgan fingerprint density at radius 1 is 1.06 bits per heavy atom. The van der Waals surface area contributed by atoms with Crippen LogP contribution in [0.3, 0.4) is 0 Å². The SMILES string of the molecule is O=C(O)CCN1CCCC1CCC1CCCCC1. The van der Waals surface area contributed by atoms with Crippen LogP contribution in [0.15, 0.2) is 0 Å². The van der Waals surface area contributed by atoms with Crippen molar-refractivity contribution in [2.45, 2.75) is 70.3 Å². The van der Waals surface area contributed by atoms with E-state index in [-0.39, 0.29) is 0 Å². The summed E-state index contributed by atoms with van der Waals surface area (Å²) in [4.78, 5) is 13.1. The zero-order valence-electron chi connectivity index (χ0n) is 11.4. The van der Waals surface area contributed by atoms with Crippen molar-refractivity contribution in [1.82, 2.24) is 4.90 Å². The molecule has 1 unspecified atom stereocenters. The van der Waals surface area contributed by atoms with Crippen molar-refractivity contribution in [2.75, 3.05) is 13.1 Å². The Hall–Kier alpha value is -0.570. The zero-order valence-corrected chi connectivity index (χ0v) is 11.4. The highest BCUT2D eigenvalue weighted by molar-refractivity contribution is 5.66. The number of carboxylic acids is 1. The van der Waals surface area contributed by atoms with Gasteiger partial charge in [0.2, 0.25) is 0 Å². The van der Waals surface area contributed by atoms with Gasteiger partial charge in [-0.25, -0.2) is 0 Å². The summed E-state index contributed by atoms with van der Waals surface area (Å²) in [5.74, 6) is 0.300. The lowest BCUT2D eigenvalue weighted by Crippen LogP contribution is -2.32. The molecule has 3 nitrogen and oxygen atoms in total. The molecule has 18 heavy (non-hydrogen) atoms. The molecular formula is C15H27NO2. The third-order valence-electron chi connectivity index (χ3n) is 4.74. The lowest BCUT2D eigenvalue weighted by molar-refractivity contribution is -0.137. The number of rotatable bonds is 6. The van der Waals surface area contributed by atoms with Gasteiger partial charge in [-0.15, -0.1) is 0 Å². The van der Waals surface area contributed by atoms with Gasteiger partial charge >= 0.3 is 5.97 Å². The van der Waals surface area contributed by atoms with E-state index in [4.69, 9.17) is 5.11 Å². The van der Waals surface area contributed by atoms with Crippen LogP contribution >= 0.6 is 0 Å². The maximum Gasteiger partial charge on any atom is 0.304 e. The largest absolute Gasteiger partial charge is 0.481 e. The van der Waals surface area contributed by atoms with Gasteiger partial charge in [-0.2, -0.15) is 0 Å². The molecule has 1 saturated heterocycles. The van der Waals surface area contributed by atoms with E-state index in [2.05, 4.69) is 4.90 Å². The average molecular weight is 253 g/mol. The Balaban J connectivity index is 1.68. The van der Waals surface area contributed by atoms with E-state index in [1.807, 2.05) is 0 Å². The van der Waals surface area contributed by atoms with Crippen LogP contribution in [0.4, 0.5) is 0 Å². The lowest BCUT2D eigenvalue weighted by Gasteiger charge is -2.27. The van der Waals surface area contributed by atoms with Gasteiger partial charge in [0, 0.05) is 12.6 Å². The molecule has 0 aromatic heterocycles. The molecule has 1 aliphatic carbocycles. The summed E-state index contributed by atoms with van der Waals surface area (Å²) in [6.07, 6.45) is 12.7. The number of aliphatic carboxylic acids is 1. The van der Waals surface area contributed by atoms with Gasteiger partial charge in [0.15, 0.2) is 0 Å². The van der Waals surface area contributed by atoms with E-state index in [0.29, 0.717) is 12.5 Å². The van der Waals surface area contributed by atoms with E-state index >= 15 is 0 Å². The fraction of sp³-hybridized carbons (Fsp3) is 0.933. The number of hydrogen-bond acceptors (Lipinski definition) is 2. The van der Waals surface area contributed by atoms with Crippen LogP contribution in [0.2, 0.25) is 0 Å². The number of carboxylic acid groups (broad SMARTS) is 1. The highest BCUT2D eigenvalue weighted by Crippen LogP contribution is 2.30. The minimum Gasteiger partial charge on any atom is -0.481 e. The van der Waals surface area contributed by atoms with Crippen LogP contribution in [0, 0.1) is 5.92 Å². The average Bonchev–Trinajstić information content (AvgIpc) is 2.82. The first kappa shape index (κ1) is 13.9. The Morgan fingerprint density at radius 3 is 2.56 bits per heavy atom. The maximum absolute atomic E-state index is 10.6. The molecule has 1 heterocycles. The molecule has 3 heteroatoms. The smallest absolute Gasteiger partial charge is 0.304 e. The molecule has 104 valence electrons. The molecule has 1 N–H and O–H groups in total. The quantitative estimate of drug-likeness (QED) is 0.789. The monoisotopic (exact) mass is 253 g/mol. The Morgan fingerprint density at radius 2 is 1.83 bits per heavy atom. The minimum absolute atomic E-state index is 0.305. The fourth-order valence-electron chi connectivity index (χ4n) is 3.66. The predicted molar refractivity (Wildman–Crippen MR) is 72.7 cm³/mol. The Kier molecular flexibility index (Phi) is 5.48. The van der Waals surface area contributed by atoms with Crippen LogP contribution < -0.4 is 0 Å². The predicted octanol–water partition coefficient (Wildman–Crippen LogP) is 3.29. The van der Waals surface area contributed by atoms with Crippen molar-refractivity contribution >= 4 is 5.97 Å². The van der Waals surface area contributed by atoms with Crippen LogP contribution in [-0.2, 0) is 4.79 Å². The van der Waals surface area contributed by atoms with Gasteiger partial charge in [0.05, 0.1) is 6.42 Å². The second kappa shape index (κ2) is 7.13. The normalized spacial score (nSPS) is 26.6. The molecule has 0 radical (unpaired) electrons. The zero-order chi connectivity index (χ0) is 12.8. The molecule has 0 aromatic rings. The van der Waals surface area contributed by atoms with E-state index in [1.54, 1.807) is 0 Å². The van der Waals surface area contributed by atoms with Crippen molar-refractivity contribution in [3.05, 3.63) is 0 Å². The van der Waals surface area contributed by atoms with Crippen molar-refractivity contribution in [3.63, 3.8) is 0 Å². The molecule has 2 rings (SSSR count). The molecule has 1 saturated carbocycles. The molecular weight excluding hydrogens is 226 g/mol. The Labute approximate surface area is 111 Å². The minimum atomic E-state index is -0.659. The standard InChI is InChI=1S/C15H27NO2/c17-15(18)10-12-16-11-4-7-14(16)9-8-13-5-2-1-3-6-13/h13-14H,1-12H2,(H,17,18). The molecule has 0 amide bonds. The van der Waals surface area contributed by atoms with E-state index < -0.39 is 5.97 Å². The number of carbonyl (C=O) groups is 1. The van der Waals surface area contributed by atoms with Crippen molar-refractivity contribution in [2.24, 2.45) is 5.92 Å². The fourth-order valence-corrected chi connectivity index (χ4v) is 3.66. The summed E-state index contributed by atoms with van der Waals surface area (Å²) in [7, 11) is 0. The molecule has 2 fully saturated rings. The lowest BCUT2D eigenvalue weighted by atomic mass is 9.85. The van der Waals surface area contributed by atoms with E-state index in [1.165, 1.54) is 57.8 Å². The summed E-state index contributed by atoms with van der Waals surface area (Å²) in [5.41, 5.74) is 0. The van der Waals surface area contributed by atoms with Crippen molar-refractivity contribution < 1.29 is 9.90 Å². The number of nitrogens with zero attached hydrogens (tertiary/aromatic N) is 1. The highest BCUT2D eigenvalue weighted by atomic mass is 16.4. The van der Waals surface area contributed by atoms with Crippen molar-refractivity contribution in [1.29, 1.82) is 0 Å². The van der Waals surface area contributed by atoms with Gasteiger partial charge < -0.3 is 5.11 Å². The van der Waals surface area contributed by atoms with Crippen LogP contribution in [0.25, 0.3) is 0 Å². The molecule has 0 bridgehead atoms. The summed E-state index contributed by atoms with van der Waals surface area (Å²) in [6, 6.07) is 0.672. The first-order valence-corrected chi connectivity index (χ1v) is 7.71. The highest BCUT2D eigenvalue weighted by Gasteiger charge is 2.25. The maximum atomic E-state index is 10.6. The number of likely N-dealkylation sites (tertiary alicyclic amines) is 1. The van der Waals surface area contributed by atoms with Crippen LogP contribution in [0.1, 0.15) is 64.2 Å². The molecule has 1 aliphatic heterocycles. The summed E-state index contributed by atoms with van der Waals surface area (Å²) >= 11 is 0.